The summed E-state index contributed by atoms with van der Waals surface area (Å²) in [5, 5.41) is 6.78. The second-order valence-corrected chi connectivity index (χ2v) is 7.89. The number of amides is 2. The molecule has 0 radical (unpaired) electrons. The Morgan fingerprint density at radius 3 is 2.58 bits per heavy atom. The number of nitrogens with one attached hydrogen (secondary N) is 3. The molecule has 31 heavy (non-hydrogen) atoms. The Labute approximate surface area is 181 Å². The summed E-state index contributed by atoms with van der Waals surface area (Å²) in [7, 11) is 0. The van der Waals surface area contributed by atoms with Crippen LogP contribution < -0.4 is 10.6 Å². The molecule has 0 aliphatic carbocycles. The molecule has 3 aromatic rings. The fraction of sp³-hybridized carbons (Fsp3) is 0.333. The second-order valence-electron chi connectivity index (χ2n) is 7.89. The molecule has 3 N–H and O–H groups in total. The molecular formula is C24H28N4O3. The highest BCUT2D eigenvalue weighted by Gasteiger charge is 2.21. The van der Waals surface area contributed by atoms with E-state index in [2.05, 4.69) is 20.5 Å². The highest BCUT2D eigenvalue weighted by molar-refractivity contribution is 5.97. The molecule has 7 nitrogen and oxygen atoms in total. The molecule has 1 saturated heterocycles. The first-order chi connectivity index (χ1) is 15.1. The molecule has 0 bridgehead atoms. The lowest BCUT2D eigenvalue weighted by Crippen LogP contribution is -2.44. The van der Waals surface area contributed by atoms with Gasteiger partial charge in [-0.2, -0.15) is 0 Å². The Bertz CT molecular complexity index is 1040. The van der Waals surface area contributed by atoms with Crippen molar-refractivity contribution in [2.75, 3.05) is 31.6 Å². The molecule has 162 valence electrons. The van der Waals surface area contributed by atoms with Crippen molar-refractivity contribution in [2.24, 2.45) is 0 Å². The normalized spacial score (nSPS) is 15.5. The Kier molecular flexibility index (Phi) is 6.64. The van der Waals surface area contributed by atoms with Crippen molar-refractivity contribution < 1.29 is 14.3 Å². The summed E-state index contributed by atoms with van der Waals surface area (Å²) in [6.45, 7) is 5.71. The predicted molar refractivity (Wildman–Crippen MR) is 121 cm³/mol. The molecule has 4 rings (SSSR count). The first kappa shape index (κ1) is 21.1. The van der Waals surface area contributed by atoms with Gasteiger partial charge in [-0.1, -0.05) is 30.3 Å². The Morgan fingerprint density at radius 1 is 1.10 bits per heavy atom. The van der Waals surface area contributed by atoms with Gasteiger partial charge in [-0.3, -0.25) is 14.5 Å². The number of benzene rings is 2. The highest BCUT2D eigenvalue weighted by atomic mass is 16.5. The van der Waals surface area contributed by atoms with Gasteiger partial charge in [0.2, 0.25) is 11.8 Å². The number of aromatic nitrogens is 1. The average Bonchev–Trinajstić information content (AvgIpc) is 3.18. The van der Waals surface area contributed by atoms with Gasteiger partial charge in [0.15, 0.2) is 0 Å². The number of H-pyrrole nitrogens is 1. The van der Waals surface area contributed by atoms with Crippen molar-refractivity contribution in [3.8, 4) is 0 Å². The number of rotatable bonds is 7. The van der Waals surface area contributed by atoms with Crippen molar-refractivity contribution in [1.29, 1.82) is 0 Å². The van der Waals surface area contributed by atoms with Crippen molar-refractivity contribution in [3.63, 3.8) is 0 Å². The SMILES string of the molecule is CC(=O)NC(Cc1c[nH]c2ccccc12)C(=O)Nc1ccc(CN2CCOCC2)cc1. The molecule has 1 atom stereocenters. The number of carbonyl (C=O) groups is 2. The second kappa shape index (κ2) is 9.76. The van der Waals surface area contributed by atoms with Crippen molar-refractivity contribution in [2.45, 2.75) is 25.9 Å². The van der Waals surface area contributed by atoms with Gasteiger partial charge in [-0.05, 0) is 29.3 Å². The Balaban J connectivity index is 1.41. The number of carbonyl (C=O) groups excluding carboxylic acids is 2. The van der Waals surface area contributed by atoms with Crippen molar-refractivity contribution >= 4 is 28.4 Å². The number of morpholine rings is 1. The highest BCUT2D eigenvalue weighted by Crippen LogP contribution is 2.20. The van der Waals surface area contributed by atoms with E-state index >= 15 is 0 Å². The van der Waals surface area contributed by atoms with Crippen LogP contribution in [0.1, 0.15) is 18.1 Å². The third kappa shape index (κ3) is 5.51. The van der Waals surface area contributed by atoms with Crippen LogP contribution in [0, 0.1) is 0 Å². The minimum Gasteiger partial charge on any atom is -0.379 e. The topological polar surface area (TPSA) is 86.5 Å². The smallest absolute Gasteiger partial charge is 0.247 e. The van der Waals surface area contributed by atoms with E-state index in [0.29, 0.717) is 12.1 Å². The molecule has 7 heteroatoms. The summed E-state index contributed by atoms with van der Waals surface area (Å²) < 4.78 is 5.39. The molecule has 1 aliphatic heterocycles. The van der Waals surface area contributed by atoms with E-state index in [-0.39, 0.29) is 11.8 Å². The van der Waals surface area contributed by atoms with E-state index in [0.717, 1.165) is 49.3 Å². The largest absolute Gasteiger partial charge is 0.379 e. The average molecular weight is 421 g/mol. The van der Waals surface area contributed by atoms with Crippen LogP contribution in [-0.4, -0.2) is 54.0 Å². The van der Waals surface area contributed by atoms with E-state index < -0.39 is 6.04 Å². The summed E-state index contributed by atoms with van der Waals surface area (Å²) >= 11 is 0. The lowest BCUT2D eigenvalue weighted by atomic mass is 10.0. The first-order valence-corrected chi connectivity index (χ1v) is 10.6. The number of aromatic amines is 1. The van der Waals surface area contributed by atoms with Crippen LogP contribution in [0.15, 0.2) is 54.7 Å². The summed E-state index contributed by atoms with van der Waals surface area (Å²) in [5.41, 5.74) is 3.91. The fourth-order valence-corrected chi connectivity index (χ4v) is 3.92. The van der Waals surface area contributed by atoms with Crippen LogP contribution in [-0.2, 0) is 27.3 Å². The summed E-state index contributed by atoms with van der Waals surface area (Å²) in [6.07, 6.45) is 2.30. The van der Waals surface area contributed by atoms with Crippen LogP contribution in [0.3, 0.4) is 0 Å². The number of hydrogen-bond donors (Lipinski definition) is 3. The van der Waals surface area contributed by atoms with Crippen LogP contribution in [0.2, 0.25) is 0 Å². The van der Waals surface area contributed by atoms with Crippen LogP contribution in [0.25, 0.3) is 10.9 Å². The van der Waals surface area contributed by atoms with E-state index in [1.54, 1.807) is 0 Å². The molecule has 2 amide bonds. The first-order valence-electron chi connectivity index (χ1n) is 10.6. The molecule has 0 spiro atoms. The predicted octanol–water partition coefficient (Wildman–Crippen LogP) is 2.69. The number of anilines is 1. The van der Waals surface area contributed by atoms with E-state index in [9.17, 15) is 9.59 Å². The molecule has 1 fully saturated rings. The van der Waals surface area contributed by atoms with Gasteiger partial charge in [-0.25, -0.2) is 0 Å². The lowest BCUT2D eigenvalue weighted by molar-refractivity contribution is -0.125. The number of para-hydroxylation sites is 1. The molecule has 2 heterocycles. The maximum Gasteiger partial charge on any atom is 0.247 e. The number of ether oxygens (including phenoxy) is 1. The monoisotopic (exact) mass is 420 g/mol. The minimum atomic E-state index is -0.662. The van der Waals surface area contributed by atoms with Crippen LogP contribution >= 0.6 is 0 Å². The fourth-order valence-electron chi connectivity index (χ4n) is 3.92. The molecule has 0 saturated carbocycles. The summed E-state index contributed by atoms with van der Waals surface area (Å²) in [6, 6.07) is 15.1. The number of fused-ring (bicyclic) bond motifs is 1. The van der Waals surface area contributed by atoms with E-state index in [4.69, 9.17) is 4.74 Å². The van der Waals surface area contributed by atoms with Gasteiger partial charge in [-0.15, -0.1) is 0 Å². The Morgan fingerprint density at radius 2 is 1.84 bits per heavy atom. The van der Waals surface area contributed by atoms with Gasteiger partial charge in [0, 0.05) is 55.8 Å². The van der Waals surface area contributed by atoms with Crippen molar-refractivity contribution in [3.05, 3.63) is 65.9 Å². The quantitative estimate of drug-likeness (QED) is 0.549. The molecule has 1 aliphatic rings. The molecule has 1 unspecified atom stereocenters. The zero-order valence-corrected chi connectivity index (χ0v) is 17.7. The third-order valence-electron chi connectivity index (χ3n) is 5.52. The maximum atomic E-state index is 13.0. The standard InChI is InChI=1S/C24H28N4O3/c1-17(29)26-23(14-19-15-25-22-5-3-2-4-21(19)22)24(30)27-20-8-6-18(7-9-20)16-28-10-12-31-13-11-28/h2-9,15,23,25H,10-14,16H2,1H3,(H,26,29)(H,27,30). The number of nitrogens with zero attached hydrogens (tertiary/aromatic N) is 1. The molecular weight excluding hydrogens is 392 g/mol. The molecule has 1 aromatic heterocycles. The van der Waals surface area contributed by atoms with Gasteiger partial charge in [0.05, 0.1) is 13.2 Å². The number of hydrogen-bond acceptors (Lipinski definition) is 4. The van der Waals surface area contributed by atoms with Crippen molar-refractivity contribution in [1.82, 2.24) is 15.2 Å². The summed E-state index contributed by atoms with van der Waals surface area (Å²) in [5.74, 6) is -0.470. The van der Waals surface area contributed by atoms with Gasteiger partial charge >= 0.3 is 0 Å². The van der Waals surface area contributed by atoms with E-state index in [1.807, 2.05) is 54.7 Å². The minimum absolute atomic E-state index is 0.235. The lowest BCUT2D eigenvalue weighted by Gasteiger charge is -2.26. The van der Waals surface area contributed by atoms with E-state index in [1.165, 1.54) is 12.5 Å². The Hall–Kier alpha value is -3.16. The summed E-state index contributed by atoms with van der Waals surface area (Å²) in [4.78, 5) is 30.2. The zero-order chi connectivity index (χ0) is 21.6. The van der Waals surface area contributed by atoms with Crippen LogP contribution in [0.5, 0.6) is 0 Å². The zero-order valence-electron chi connectivity index (χ0n) is 17.7. The van der Waals surface area contributed by atoms with Gasteiger partial charge in [0.25, 0.3) is 0 Å². The third-order valence-corrected chi connectivity index (χ3v) is 5.52. The maximum absolute atomic E-state index is 13.0. The molecule has 2 aromatic carbocycles. The van der Waals surface area contributed by atoms with Crippen LogP contribution in [0.4, 0.5) is 5.69 Å². The van der Waals surface area contributed by atoms with Gasteiger partial charge < -0.3 is 20.4 Å². The van der Waals surface area contributed by atoms with Gasteiger partial charge in [0.1, 0.15) is 6.04 Å².